The van der Waals surface area contributed by atoms with E-state index in [0.717, 1.165) is 27.1 Å². The standard InChI is InChI=1S/C18H18BrN3O2S/c1-13-18(14(2)22(21-13)16-6-4-3-5-7-16)12-20-25(23,24)17-10-8-15(19)9-11-17/h3-11,20H,12H2,1-2H3. The van der Waals surface area contributed by atoms with Crippen LogP contribution < -0.4 is 4.72 Å². The number of rotatable bonds is 5. The zero-order chi connectivity index (χ0) is 18.0. The minimum Gasteiger partial charge on any atom is -0.238 e. The van der Waals surface area contributed by atoms with Crippen molar-refractivity contribution >= 4 is 26.0 Å². The van der Waals surface area contributed by atoms with Gasteiger partial charge in [-0.15, -0.1) is 0 Å². The van der Waals surface area contributed by atoms with E-state index < -0.39 is 10.0 Å². The van der Waals surface area contributed by atoms with Crippen molar-refractivity contribution < 1.29 is 8.42 Å². The molecule has 0 bridgehead atoms. The zero-order valence-electron chi connectivity index (χ0n) is 13.9. The molecule has 0 unspecified atom stereocenters. The number of nitrogens with zero attached hydrogens (tertiary/aromatic N) is 2. The van der Waals surface area contributed by atoms with Crippen molar-refractivity contribution in [1.29, 1.82) is 0 Å². The van der Waals surface area contributed by atoms with E-state index in [1.807, 2.05) is 48.9 Å². The van der Waals surface area contributed by atoms with Crippen LogP contribution in [0.2, 0.25) is 0 Å². The van der Waals surface area contributed by atoms with Crippen LogP contribution in [0, 0.1) is 13.8 Å². The molecule has 0 aliphatic heterocycles. The van der Waals surface area contributed by atoms with Crippen molar-refractivity contribution in [3.63, 3.8) is 0 Å². The number of aromatic nitrogens is 2. The van der Waals surface area contributed by atoms with Crippen LogP contribution in [0.3, 0.4) is 0 Å². The summed E-state index contributed by atoms with van der Waals surface area (Å²) in [6.45, 7) is 4.02. The van der Waals surface area contributed by atoms with E-state index in [9.17, 15) is 8.42 Å². The molecule has 0 fully saturated rings. The number of aryl methyl sites for hydroxylation is 1. The molecule has 2 aromatic carbocycles. The summed E-state index contributed by atoms with van der Waals surface area (Å²) in [7, 11) is -3.57. The fourth-order valence-corrected chi connectivity index (χ4v) is 3.88. The van der Waals surface area contributed by atoms with E-state index >= 15 is 0 Å². The lowest BCUT2D eigenvalue weighted by atomic mass is 10.2. The van der Waals surface area contributed by atoms with Crippen LogP contribution >= 0.6 is 15.9 Å². The summed E-state index contributed by atoms with van der Waals surface area (Å²) in [6, 6.07) is 16.3. The number of para-hydroxylation sites is 1. The Morgan fingerprint density at radius 1 is 1.04 bits per heavy atom. The van der Waals surface area contributed by atoms with E-state index in [1.54, 1.807) is 24.3 Å². The average molecular weight is 420 g/mol. The predicted molar refractivity (Wildman–Crippen MR) is 101 cm³/mol. The molecule has 0 aliphatic carbocycles. The van der Waals surface area contributed by atoms with Gasteiger partial charge in [-0.2, -0.15) is 5.10 Å². The minimum atomic E-state index is -3.57. The molecule has 0 atom stereocenters. The van der Waals surface area contributed by atoms with Crippen LogP contribution in [0.4, 0.5) is 0 Å². The Kier molecular flexibility index (Phi) is 5.08. The molecular weight excluding hydrogens is 402 g/mol. The second-order valence-electron chi connectivity index (χ2n) is 5.68. The summed E-state index contributed by atoms with van der Waals surface area (Å²) in [6.07, 6.45) is 0. The van der Waals surface area contributed by atoms with Crippen molar-refractivity contribution in [2.45, 2.75) is 25.3 Å². The lowest BCUT2D eigenvalue weighted by Crippen LogP contribution is -2.23. The Labute approximate surface area is 155 Å². The molecule has 25 heavy (non-hydrogen) atoms. The van der Waals surface area contributed by atoms with E-state index in [-0.39, 0.29) is 11.4 Å². The van der Waals surface area contributed by atoms with Gasteiger partial charge in [-0.1, -0.05) is 34.1 Å². The summed E-state index contributed by atoms with van der Waals surface area (Å²) in [5, 5.41) is 4.54. The average Bonchev–Trinajstić information content (AvgIpc) is 2.88. The van der Waals surface area contributed by atoms with Gasteiger partial charge in [-0.3, -0.25) is 0 Å². The minimum absolute atomic E-state index is 0.197. The van der Waals surface area contributed by atoms with Crippen LogP contribution in [0.1, 0.15) is 17.0 Å². The number of benzene rings is 2. The van der Waals surface area contributed by atoms with E-state index in [2.05, 4.69) is 25.8 Å². The lowest BCUT2D eigenvalue weighted by Gasteiger charge is -2.08. The molecule has 1 aromatic heterocycles. The first-order chi connectivity index (χ1) is 11.9. The summed E-state index contributed by atoms with van der Waals surface area (Å²) in [4.78, 5) is 0.237. The topological polar surface area (TPSA) is 64.0 Å². The molecular formula is C18H18BrN3O2S. The smallest absolute Gasteiger partial charge is 0.238 e. The Bertz CT molecular complexity index is 981. The third-order valence-electron chi connectivity index (χ3n) is 4.00. The van der Waals surface area contributed by atoms with Gasteiger partial charge in [0.05, 0.1) is 16.3 Å². The monoisotopic (exact) mass is 419 g/mol. The number of halogens is 1. The van der Waals surface area contributed by atoms with Gasteiger partial charge in [-0.05, 0) is 50.2 Å². The van der Waals surface area contributed by atoms with Crippen LogP contribution in [-0.2, 0) is 16.6 Å². The van der Waals surface area contributed by atoms with Crippen LogP contribution in [0.25, 0.3) is 5.69 Å². The molecule has 130 valence electrons. The van der Waals surface area contributed by atoms with Crippen molar-refractivity contribution in [2.75, 3.05) is 0 Å². The van der Waals surface area contributed by atoms with Crippen molar-refractivity contribution in [3.05, 3.63) is 76.0 Å². The molecule has 3 rings (SSSR count). The fraction of sp³-hybridized carbons (Fsp3) is 0.167. The maximum atomic E-state index is 12.5. The number of hydrogen-bond donors (Lipinski definition) is 1. The maximum Gasteiger partial charge on any atom is 0.240 e. The van der Waals surface area contributed by atoms with Crippen molar-refractivity contribution in [3.8, 4) is 5.69 Å². The molecule has 0 saturated heterocycles. The maximum absolute atomic E-state index is 12.5. The van der Waals surface area contributed by atoms with Gasteiger partial charge in [0, 0.05) is 22.3 Å². The Morgan fingerprint density at radius 2 is 1.68 bits per heavy atom. The Balaban J connectivity index is 1.84. The molecule has 0 aliphatic rings. The molecule has 0 saturated carbocycles. The molecule has 7 heteroatoms. The molecule has 1 heterocycles. The van der Waals surface area contributed by atoms with Gasteiger partial charge in [-0.25, -0.2) is 17.8 Å². The highest BCUT2D eigenvalue weighted by molar-refractivity contribution is 9.10. The molecule has 0 amide bonds. The number of nitrogens with one attached hydrogen (secondary N) is 1. The van der Waals surface area contributed by atoms with Gasteiger partial charge >= 0.3 is 0 Å². The van der Waals surface area contributed by atoms with Crippen LogP contribution in [-0.4, -0.2) is 18.2 Å². The summed E-state index contributed by atoms with van der Waals surface area (Å²) in [5.74, 6) is 0. The molecule has 1 N–H and O–H groups in total. The van der Waals surface area contributed by atoms with E-state index in [1.165, 1.54) is 0 Å². The van der Waals surface area contributed by atoms with Gasteiger partial charge in [0.2, 0.25) is 10.0 Å². The predicted octanol–water partition coefficient (Wildman–Crippen LogP) is 3.73. The van der Waals surface area contributed by atoms with E-state index in [0.29, 0.717) is 0 Å². The first kappa shape index (κ1) is 17.8. The lowest BCUT2D eigenvalue weighted by molar-refractivity contribution is 0.581. The van der Waals surface area contributed by atoms with Crippen LogP contribution in [0.15, 0.2) is 64.0 Å². The fourth-order valence-electron chi connectivity index (χ4n) is 2.62. The second-order valence-corrected chi connectivity index (χ2v) is 8.36. The summed E-state index contributed by atoms with van der Waals surface area (Å²) >= 11 is 3.31. The summed E-state index contributed by atoms with van der Waals surface area (Å²) < 4.78 is 30.3. The van der Waals surface area contributed by atoms with Crippen molar-refractivity contribution in [1.82, 2.24) is 14.5 Å². The van der Waals surface area contributed by atoms with Gasteiger partial charge in [0.1, 0.15) is 0 Å². The SMILES string of the molecule is Cc1nn(-c2ccccc2)c(C)c1CNS(=O)(=O)c1ccc(Br)cc1. The van der Waals surface area contributed by atoms with Gasteiger partial charge in [0.25, 0.3) is 0 Å². The van der Waals surface area contributed by atoms with E-state index in [4.69, 9.17) is 0 Å². The quantitative estimate of drug-likeness (QED) is 0.684. The van der Waals surface area contributed by atoms with Gasteiger partial charge < -0.3 is 0 Å². The molecule has 3 aromatic rings. The first-order valence-electron chi connectivity index (χ1n) is 7.74. The highest BCUT2D eigenvalue weighted by Crippen LogP contribution is 2.19. The normalized spacial score (nSPS) is 11.6. The third kappa shape index (κ3) is 3.84. The molecule has 0 spiro atoms. The Hall–Kier alpha value is -1.96. The number of sulfonamides is 1. The molecule has 0 radical (unpaired) electrons. The highest BCUT2D eigenvalue weighted by atomic mass is 79.9. The van der Waals surface area contributed by atoms with Crippen LogP contribution in [0.5, 0.6) is 0 Å². The Morgan fingerprint density at radius 3 is 2.32 bits per heavy atom. The first-order valence-corrected chi connectivity index (χ1v) is 10.0. The summed E-state index contributed by atoms with van der Waals surface area (Å²) in [5.41, 5.74) is 3.55. The van der Waals surface area contributed by atoms with Gasteiger partial charge in [0.15, 0.2) is 0 Å². The number of hydrogen-bond acceptors (Lipinski definition) is 3. The highest BCUT2D eigenvalue weighted by Gasteiger charge is 2.17. The van der Waals surface area contributed by atoms with Crippen molar-refractivity contribution in [2.24, 2.45) is 0 Å². The second kappa shape index (κ2) is 7.11. The third-order valence-corrected chi connectivity index (χ3v) is 5.95. The zero-order valence-corrected chi connectivity index (χ0v) is 16.3. The largest absolute Gasteiger partial charge is 0.240 e. The molecule has 5 nitrogen and oxygen atoms in total.